The van der Waals surface area contributed by atoms with Gasteiger partial charge in [0.1, 0.15) is 5.82 Å². The zero-order valence-electron chi connectivity index (χ0n) is 16.7. The van der Waals surface area contributed by atoms with Crippen molar-refractivity contribution in [3.63, 3.8) is 0 Å². The quantitative estimate of drug-likeness (QED) is 0.562. The summed E-state index contributed by atoms with van der Waals surface area (Å²) in [5, 5.41) is 8.44. The summed E-state index contributed by atoms with van der Waals surface area (Å²) in [5.41, 5.74) is 1.94. The highest BCUT2D eigenvalue weighted by atomic mass is 32.1. The highest BCUT2D eigenvalue weighted by molar-refractivity contribution is 7.08. The van der Waals surface area contributed by atoms with E-state index < -0.39 is 0 Å². The number of thiophene rings is 1. The summed E-state index contributed by atoms with van der Waals surface area (Å²) in [6.07, 6.45) is 1.43. The maximum Gasteiger partial charge on any atom is 0.227 e. The SMILES string of the molecule is CN(C)CCCNc1nc(CN(C)C(=O)Cc2ccsc2)nc2ccccc12. The van der Waals surface area contributed by atoms with E-state index in [2.05, 4.69) is 29.3 Å². The number of aromatic nitrogens is 2. The predicted molar refractivity (Wildman–Crippen MR) is 116 cm³/mol. The first-order valence-electron chi connectivity index (χ1n) is 9.42. The molecular weight excluding hydrogens is 370 g/mol. The van der Waals surface area contributed by atoms with E-state index in [1.54, 1.807) is 23.3 Å². The number of carbonyl (C=O) groups excluding carboxylic acids is 1. The van der Waals surface area contributed by atoms with E-state index in [9.17, 15) is 4.79 Å². The van der Waals surface area contributed by atoms with Crippen molar-refractivity contribution >= 4 is 34.0 Å². The van der Waals surface area contributed by atoms with Crippen molar-refractivity contribution in [2.24, 2.45) is 0 Å². The molecule has 0 aliphatic rings. The lowest BCUT2D eigenvalue weighted by Gasteiger charge is -2.17. The summed E-state index contributed by atoms with van der Waals surface area (Å²) < 4.78 is 0. The van der Waals surface area contributed by atoms with Gasteiger partial charge in [-0.3, -0.25) is 4.79 Å². The molecule has 3 aromatic rings. The lowest BCUT2D eigenvalue weighted by molar-refractivity contribution is -0.129. The summed E-state index contributed by atoms with van der Waals surface area (Å²) in [6.45, 7) is 2.24. The standard InChI is InChI=1S/C21H27N5OS/c1-25(2)11-6-10-22-21-17-7-4-5-8-18(17)23-19(24-21)14-26(3)20(27)13-16-9-12-28-15-16/h4-5,7-9,12,15H,6,10-11,13-14H2,1-3H3,(H,22,23,24). The number of amides is 1. The number of hydrogen-bond acceptors (Lipinski definition) is 6. The van der Waals surface area contributed by atoms with Crippen molar-refractivity contribution in [2.75, 3.05) is 39.5 Å². The first-order valence-corrected chi connectivity index (χ1v) is 10.4. The minimum atomic E-state index is 0.0654. The largest absolute Gasteiger partial charge is 0.369 e. The number of fused-ring (bicyclic) bond motifs is 1. The van der Waals surface area contributed by atoms with Crippen LogP contribution in [-0.4, -0.2) is 59.9 Å². The van der Waals surface area contributed by atoms with Gasteiger partial charge in [0.2, 0.25) is 5.91 Å². The van der Waals surface area contributed by atoms with Crippen LogP contribution in [0, 0.1) is 0 Å². The van der Waals surface area contributed by atoms with E-state index >= 15 is 0 Å². The van der Waals surface area contributed by atoms with Gasteiger partial charge >= 0.3 is 0 Å². The zero-order chi connectivity index (χ0) is 19.9. The molecule has 0 fully saturated rings. The van der Waals surface area contributed by atoms with Gasteiger partial charge in [-0.25, -0.2) is 9.97 Å². The third-order valence-corrected chi connectivity index (χ3v) is 5.20. The van der Waals surface area contributed by atoms with Crippen molar-refractivity contribution in [1.82, 2.24) is 19.8 Å². The molecule has 2 heterocycles. The fourth-order valence-electron chi connectivity index (χ4n) is 2.94. The highest BCUT2D eigenvalue weighted by Crippen LogP contribution is 2.20. The summed E-state index contributed by atoms with van der Waals surface area (Å²) in [5.74, 6) is 1.55. The molecule has 0 atom stereocenters. The molecule has 1 N–H and O–H groups in total. The maximum atomic E-state index is 12.5. The monoisotopic (exact) mass is 397 g/mol. The Hall–Kier alpha value is -2.51. The van der Waals surface area contributed by atoms with Crippen molar-refractivity contribution in [3.8, 4) is 0 Å². The van der Waals surface area contributed by atoms with Crippen LogP contribution >= 0.6 is 11.3 Å². The molecular formula is C21H27N5OS. The Balaban J connectivity index is 1.72. The van der Waals surface area contributed by atoms with Gasteiger partial charge in [0.25, 0.3) is 0 Å². The smallest absolute Gasteiger partial charge is 0.227 e. The second kappa shape index (κ2) is 9.61. The lowest BCUT2D eigenvalue weighted by Crippen LogP contribution is -2.28. The van der Waals surface area contributed by atoms with Gasteiger partial charge in [-0.2, -0.15) is 11.3 Å². The second-order valence-electron chi connectivity index (χ2n) is 7.15. The second-order valence-corrected chi connectivity index (χ2v) is 7.93. The number of likely N-dealkylation sites (N-methyl/N-ethyl adjacent to an activating group) is 1. The molecule has 3 rings (SSSR count). The van der Waals surface area contributed by atoms with Crippen LogP contribution in [0.2, 0.25) is 0 Å². The summed E-state index contributed by atoms with van der Waals surface area (Å²) in [4.78, 5) is 25.7. The van der Waals surface area contributed by atoms with Crippen molar-refractivity contribution < 1.29 is 4.79 Å². The van der Waals surface area contributed by atoms with Crippen LogP contribution in [0.15, 0.2) is 41.1 Å². The van der Waals surface area contributed by atoms with E-state index in [4.69, 9.17) is 4.98 Å². The van der Waals surface area contributed by atoms with Crippen LogP contribution < -0.4 is 5.32 Å². The van der Waals surface area contributed by atoms with E-state index in [-0.39, 0.29) is 5.91 Å². The van der Waals surface area contributed by atoms with Crippen LogP contribution in [0.25, 0.3) is 10.9 Å². The fraction of sp³-hybridized carbons (Fsp3) is 0.381. The molecule has 28 heavy (non-hydrogen) atoms. The summed E-state index contributed by atoms with van der Waals surface area (Å²) in [6, 6.07) is 9.96. The number of benzene rings is 1. The Morgan fingerprint density at radius 2 is 1.96 bits per heavy atom. The molecule has 0 unspecified atom stereocenters. The number of hydrogen-bond donors (Lipinski definition) is 1. The molecule has 0 radical (unpaired) electrons. The minimum absolute atomic E-state index is 0.0654. The zero-order valence-corrected chi connectivity index (χ0v) is 17.5. The van der Waals surface area contributed by atoms with Crippen LogP contribution in [-0.2, 0) is 17.8 Å². The van der Waals surface area contributed by atoms with Crippen molar-refractivity contribution in [1.29, 1.82) is 0 Å². The Kier molecular flexibility index (Phi) is 6.95. The lowest BCUT2D eigenvalue weighted by atomic mass is 10.2. The Bertz CT molecular complexity index is 910. The van der Waals surface area contributed by atoms with Gasteiger partial charge in [-0.05, 0) is 61.6 Å². The molecule has 0 aliphatic heterocycles. The predicted octanol–water partition coefficient (Wildman–Crippen LogP) is 3.26. The van der Waals surface area contributed by atoms with E-state index in [1.807, 2.05) is 41.1 Å². The number of nitrogens with zero attached hydrogens (tertiary/aromatic N) is 4. The average Bonchev–Trinajstić information content (AvgIpc) is 3.18. The Labute approximate surface area is 170 Å². The van der Waals surface area contributed by atoms with E-state index in [0.717, 1.165) is 41.8 Å². The van der Waals surface area contributed by atoms with Crippen molar-refractivity contribution in [3.05, 3.63) is 52.5 Å². The van der Waals surface area contributed by atoms with Gasteiger partial charge in [0.05, 0.1) is 18.5 Å². The van der Waals surface area contributed by atoms with Gasteiger partial charge in [-0.1, -0.05) is 12.1 Å². The normalized spacial score (nSPS) is 11.1. The van der Waals surface area contributed by atoms with Crippen LogP contribution in [0.4, 0.5) is 5.82 Å². The summed E-state index contributed by atoms with van der Waals surface area (Å²) >= 11 is 1.61. The number of para-hydroxylation sites is 1. The van der Waals surface area contributed by atoms with Gasteiger partial charge in [-0.15, -0.1) is 0 Å². The number of rotatable bonds is 9. The van der Waals surface area contributed by atoms with Crippen LogP contribution in [0.3, 0.4) is 0 Å². The number of carbonyl (C=O) groups is 1. The van der Waals surface area contributed by atoms with Gasteiger partial charge < -0.3 is 15.1 Å². The molecule has 0 saturated carbocycles. The molecule has 2 aromatic heterocycles. The van der Waals surface area contributed by atoms with E-state index in [1.165, 1.54) is 0 Å². The van der Waals surface area contributed by atoms with Gasteiger partial charge in [0.15, 0.2) is 5.82 Å². The molecule has 1 aromatic carbocycles. The number of nitrogens with one attached hydrogen (secondary N) is 1. The third kappa shape index (κ3) is 5.50. The molecule has 0 bridgehead atoms. The molecule has 7 heteroatoms. The van der Waals surface area contributed by atoms with Crippen LogP contribution in [0.1, 0.15) is 17.8 Å². The molecule has 0 saturated heterocycles. The fourth-order valence-corrected chi connectivity index (χ4v) is 3.60. The minimum Gasteiger partial charge on any atom is -0.369 e. The summed E-state index contributed by atoms with van der Waals surface area (Å²) in [7, 11) is 5.94. The average molecular weight is 398 g/mol. The van der Waals surface area contributed by atoms with Gasteiger partial charge in [0, 0.05) is 19.0 Å². The Morgan fingerprint density at radius 1 is 1.14 bits per heavy atom. The van der Waals surface area contributed by atoms with Crippen molar-refractivity contribution in [2.45, 2.75) is 19.4 Å². The number of anilines is 1. The molecule has 1 amide bonds. The maximum absolute atomic E-state index is 12.5. The highest BCUT2D eigenvalue weighted by Gasteiger charge is 2.14. The third-order valence-electron chi connectivity index (χ3n) is 4.46. The topological polar surface area (TPSA) is 61.4 Å². The molecule has 148 valence electrons. The molecule has 6 nitrogen and oxygen atoms in total. The van der Waals surface area contributed by atoms with E-state index in [0.29, 0.717) is 18.8 Å². The first kappa shape index (κ1) is 20.2. The first-order chi connectivity index (χ1) is 13.5. The Morgan fingerprint density at radius 3 is 2.71 bits per heavy atom. The molecule has 0 aliphatic carbocycles. The van der Waals surface area contributed by atoms with Crippen LogP contribution in [0.5, 0.6) is 0 Å². The molecule has 0 spiro atoms.